The fourth-order valence-corrected chi connectivity index (χ4v) is 4.80. The SMILES string of the molecule is COc1ccc(C(O)=C2C(=O)C(=O)N(CCc3c[nH]c4ccccc34)[C@@H]2c2ccccc2[N+](=O)[O-])cc1. The normalized spacial score (nSPS) is 16.9. The highest BCUT2D eigenvalue weighted by molar-refractivity contribution is 6.46. The molecule has 1 aromatic heterocycles. The average Bonchev–Trinajstić information content (AvgIpc) is 3.45. The van der Waals surface area contributed by atoms with Crippen LogP contribution in [0.5, 0.6) is 5.75 Å². The van der Waals surface area contributed by atoms with E-state index in [2.05, 4.69) is 4.98 Å². The fourth-order valence-electron chi connectivity index (χ4n) is 4.80. The van der Waals surface area contributed by atoms with Crippen LogP contribution in [0, 0.1) is 10.1 Å². The molecule has 9 nitrogen and oxygen atoms in total. The summed E-state index contributed by atoms with van der Waals surface area (Å²) >= 11 is 0. The van der Waals surface area contributed by atoms with E-state index in [0.29, 0.717) is 17.7 Å². The molecule has 5 rings (SSSR count). The van der Waals surface area contributed by atoms with Crippen LogP contribution in [-0.2, 0) is 16.0 Å². The molecule has 2 heterocycles. The van der Waals surface area contributed by atoms with Crippen LogP contribution in [0.25, 0.3) is 16.7 Å². The summed E-state index contributed by atoms with van der Waals surface area (Å²) in [6.45, 7) is 0.114. The Kier molecular flexibility index (Phi) is 6.19. The number of H-pyrrole nitrogens is 1. The average molecular weight is 498 g/mol. The Balaban J connectivity index is 1.61. The number of aliphatic hydroxyl groups excluding tert-OH is 1. The largest absolute Gasteiger partial charge is 0.507 e. The maximum atomic E-state index is 13.3. The number of nitrogens with zero attached hydrogens (tertiary/aromatic N) is 2. The highest BCUT2D eigenvalue weighted by Gasteiger charge is 2.47. The van der Waals surface area contributed by atoms with E-state index in [1.165, 1.54) is 30.2 Å². The predicted octanol–water partition coefficient (Wildman–Crippen LogP) is 4.75. The van der Waals surface area contributed by atoms with Gasteiger partial charge in [0.15, 0.2) is 0 Å². The number of para-hydroxylation sites is 2. The van der Waals surface area contributed by atoms with Gasteiger partial charge in [-0.15, -0.1) is 0 Å². The number of carbonyl (C=O) groups excluding carboxylic acids is 2. The zero-order chi connectivity index (χ0) is 26.1. The lowest BCUT2D eigenvalue weighted by atomic mass is 9.94. The van der Waals surface area contributed by atoms with Gasteiger partial charge in [0.05, 0.1) is 29.2 Å². The molecule has 0 aliphatic carbocycles. The molecular weight excluding hydrogens is 474 g/mol. The second-order valence-corrected chi connectivity index (χ2v) is 8.65. The lowest BCUT2D eigenvalue weighted by Gasteiger charge is -2.25. The number of aromatic amines is 1. The molecule has 1 fully saturated rings. The van der Waals surface area contributed by atoms with Gasteiger partial charge in [0.2, 0.25) is 0 Å². The van der Waals surface area contributed by atoms with Gasteiger partial charge < -0.3 is 19.7 Å². The number of ketones is 1. The van der Waals surface area contributed by atoms with E-state index in [4.69, 9.17) is 4.74 Å². The summed E-state index contributed by atoms with van der Waals surface area (Å²) in [7, 11) is 1.50. The molecule has 0 bridgehead atoms. The molecule has 3 aromatic carbocycles. The molecule has 186 valence electrons. The number of nitrogens with one attached hydrogen (secondary N) is 1. The summed E-state index contributed by atoms with van der Waals surface area (Å²) in [6.07, 6.45) is 2.25. The van der Waals surface area contributed by atoms with Crippen LogP contribution in [0.15, 0.2) is 84.6 Å². The number of fused-ring (bicyclic) bond motifs is 1. The van der Waals surface area contributed by atoms with Crippen LogP contribution in [0.3, 0.4) is 0 Å². The molecule has 4 aromatic rings. The van der Waals surface area contributed by atoms with Crippen molar-refractivity contribution >= 4 is 34.0 Å². The van der Waals surface area contributed by atoms with Gasteiger partial charge in [-0.1, -0.05) is 30.3 Å². The third-order valence-electron chi connectivity index (χ3n) is 6.63. The summed E-state index contributed by atoms with van der Waals surface area (Å²) in [5.41, 5.74) is 1.89. The van der Waals surface area contributed by atoms with Crippen molar-refractivity contribution in [2.45, 2.75) is 12.5 Å². The zero-order valence-electron chi connectivity index (χ0n) is 19.9. The topological polar surface area (TPSA) is 126 Å². The van der Waals surface area contributed by atoms with Crippen LogP contribution in [-0.4, -0.2) is 45.3 Å². The van der Waals surface area contributed by atoms with Crippen molar-refractivity contribution in [2.75, 3.05) is 13.7 Å². The first kappa shape index (κ1) is 23.8. The number of ether oxygens (including phenoxy) is 1. The maximum absolute atomic E-state index is 13.3. The Labute approximate surface area is 211 Å². The lowest BCUT2D eigenvalue weighted by Crippen LogP contribution is -2.32. The van der Waals surface area contributed by atoms with E-state index in [1.54, 1.807) is 30.3 Å². The number of aliphatic hydroxyl groups is 1. The van der Waals surface area contributed by atoms with E-state index in [-0.39, 0.29) is 23.4 Å². The van der Waals surface area contributed by atoms with E-state index < -0.39 is 28.4 Å². The van der Waals surface area contributed by atoms with Crippen LogP contribution in [0.2, 0.25) is 0 Å². The molecular formula is C28H23N3O6. The summed E-state index contributed by atoms with van der Waals surface area (Å²) < 4.78 is 5.16. The van der Waals surface area contributed by atoms with E-state index >= 15 is 0 Å². The molecule has 1 amide bonds. The third kappa shape index (κ3) is 4.20. The van der Waals surface area contributed by atoms with E-state index in [9.17, 15) is 24.8 Å². The molecule has 1 aliphatic heterocycles. The summed E-state index contributed by atoms with van der Waals surface area (Å²) in [5, 5.41) is 24.1. The van der Waals surface area contributed by atoms with Crippen molar-refractivity contribution in [1.82, 2.24) is 9.88 Å². The van der Waals surface area contributed by atoms with Crippen molar-refractivity contribution in [1.29, 1.82) is 0 Å². The van der Waals surface area contributed by atoms with Gasteiger partial charge in [0, 0.05) is 35.3 Å². The first-order valence-electron chi connectivity index (χ1n) is 11.6. The smallest absolute Gasteiger partial charge is 0.295 e. The number of nitro benzene ring substituents is 1. The number of amides is 1. The molecule has 1 atom stereocenters. The third-order valence-corrected chi connectivity index (χ3v) is 6.63. The molecule has 37 heavy (non-hydrogen) atoms. The quantitative estimate of drug-likeness (QED) is 0.125. The Morgan fingerprint density at radius 2 is 1.76 bits per heavy atom. The van der Waals surface area contributed by atoms with Gasteiger partial charge in [-0.2, -0.15) is 0 Å². The monoisotopic (exact) mass is 497 g/mol. The van der Waals surface area contributed by atoms with Crippen LogP contribution in [0.1, 0.15) is 22.7 Å². The number of Topliss-reactive ketones (excluding diaryl/α,β-unsaturated/α-hetero) is 1. The number of nitro groups is 1. The number of aromatic nitrogens is 1. The van der Waals surface area contributed by atoms with Crippen molar-refractivity contribution in [2.24, 2.45) is 0 Å². The molecule has 9 heteroatoms. The minimum absolute atomic E-state index is 0.114. The van der Waals surface area contributed by atoms with Crippen molar-refractivity contribution in [3.05, 3.63) is 111 Å². The number of hydrogen-bond acceptors (Lipinski definition) is 6. The summed E-state index contributed by atoms with van der Waals surface area (Å²) in [5.74, 6) is -1.57. The lowest BCUT2D eigenvalue weighted by molar-refractivity contribution is -0.385. The van der Waals surface area contributed by atoms with Gasteiger partial charge in [-0.3, -0.25) is 19.7 Å². The molecule has 0 unspecified atom stereocenters. The summed E-state index contributed by atoms with van der Waals surface area (Å²) in [4.78, 5) is 42.4. The second kappa shape index (κ2) is 9.62. The molecule has 1 saturated heterocycles. The zero-order valence-corrected chi connectivity index (χ0v) is 19.9. The number of methoxy groups -OCH3 is 1. The number of likely N-dealkylation sites (tertiary alicyclic amines) is 1. The number of rotatable bonds is 7. The van der Waals surface area contributed by atoms with Crippen molar-refractivity contribution in [3.63, 3.8) is 0 Å². The minimum atomic E-state index is -1.13. The molecule has 1 aliphatic rings. The van der Waals surface area contributed by atoms with Crippen molar-refractivity contribution in [3.8, 4) is 5.75 Å². The molecule has 0 spiro atoms. The Morgan fingerprint density at radius 3 is 2.49 bits per heavy atom. The predicted molar refractivity (Wildman–Crippen MR) is 137 cm³/mol. The van der Waals surface area contributed by atoms with Gasteiger partial charge in [-0.25, -0.2) is 0 Å². The number of hydrogen-bond donors (Lipinski definition) is 2. The number of carbonyl (C=O) groups is 2. The van der Waals surface area contributed by atoms with Gasteiger partial charge in [0.25, 0.3) is 17.4 Å². The van der Waals surface area contributed by atoms with Crippen molar-refractivity contribution < 1.29 is 24.4 Å². The molecule has 0 saturated carbocycles. The van der Waals surface area contributed by atoms with Gasteiger partial charge >= 0.3 is 0 Å². The Hall–Kier alpha value is -4.92. The first-order valence-corrected chi connectivity index (χ1v) is 11.6. The van der Waals surface area contributed by atoms with E-state index in [1.807, 2.05) is 30.5 Å². The Bertz CT molecular complexity index is 1550. The van der Waals surface area contributed by atoms with Gasteiger partial charge in [-0.05, 0) is 48.4 Å². The highest BCUT2D eigenvalue weighted by Crippen LogP contribution is 2.42. The van der Waals surface area contributed by atoms with Crippen LogP contribution < -0.4 is 4.74 Å². The second-order valence-electron chi connectivity index (χ2n) is 8.65. The fraction of sp³-hybridized carbons (Fsp3) is 0.143. The highest BCUT2D eigenvalue weighted by atomic mass is 16.6. The van der Waals surface area contributed by atoms with E-state index in [0.717, 1.165) is 16.5 Å². The van der Waals surface area contributed by atoms with Crippen LogP contribution >= 0.6 is 0 Å². The standard InChI is InChI=1S/C28H23N3O6/c1-37-19-12-10-17(11-13-19)26(32)24-25(21-7-3-5-9-23(21)31(35)36)30(28(34)27(24)33)15-14-18-16-29-22-8-4-2-6-20(18)22/h2-13,16,25,29,32H,14-15H2,1H3/t25-/m1/s1. The van der Waals surface area contributed by atoms with Crippen LogP contribution in [0.4, 0.5) is 5.69 Å². The molecule has 2 N–H and O–H groups in total. The summed E-state index contributed by atoms with van der Waals surface area (Å²) in [6, 6.07) is 18.9. The number of benzene rings is 3. The first-order chi connectivity index (χ1) is 17.9. The van der Waals surface area contributed by atoms with Gasteiger partial charge in [0.1, 0.15) is 11.5 Å². The Morgan fingerprint density at radius 1 is 1.05 bits per heavy atom. The molecule has 0 radical (unpaired) electrons. The minimum Gasteiger partial charge on any atom is -0.507 e. The maximum Gasteiger partial charge on any atom is 0.295 e.